The standard InChI is InChI=1S/C18H26N2O5S/c1-13-12-20(9-10-25-13)18(21)14-7-8-16(24-2)17(11-14)26(22,23)19-15-5-3-4-6-15/h7-8,11,13,15,19H,3-6,9-10,12H2,1-2H3. The molecule has 1 aromatic carbocycles. The molecule has 1 unspecified atom stereocenters. The van der Waals surface area contributed by atoms with Crippen molar-refractivity contribution in [3.05, 3.63) is 23.8 Å². The topological polar surface area (TPSA) is 84.9 Å². The molecule has 144 valence electrons. The summed E-state index contributed by atoms with van der Waals surface area (Å²) in [5, 5.41) is 0. The molecular formula is C18H26N2O5S. The number of nitrogens with one attached hydrogen (secondary N) is 1. The first-order valence-electron chi connectivity index (χ1n) is 9.02. The van der Waals surface area contributed by atoms with Crippen LogP contribution < -0.4 is 9.46 Å². The lowest BCUT2D eigenvalue weighted by Crippen LogP contribution is -2.44. The Bertz CT molecular complexity index is 759. The molecule has 1 N–H and O–H groups in total. The largest absolute Gasteiger partial charge is 0.495 e. The number of ether oxygens (including phenoxy) is 2. The molecule has 0 radical (unpaired) electrons. The first kappa shape index (κ1) is 19.1. The number of nitrogens with zero attached hydrogens (tertiary/aromatic N) is 1. The van der Waals surface area contributed by atoms with Crippen LogP contribution in [0, 0.1) is 0 Å². The highest BCUT2D eigenvalue weighted by atomic mass is 32.2. The maximum absolute atomic E-state index is 12.8. The average Bonchev–Trinajstić information content (AvgIpc) is 3.12. The number of sulfonamides is 1. The van der Waals surface area contributed by atoms with Gasteiger partial charge in [0, 0.05) is 24.7 Å². The summed E-state index contributed by atoms with van der Waals surface area (Å²) in [6.07, 6.45) is 3.70. The molecule has 1 aliphatic carbocycles. The number of carbonyl (C=O) groups excluding carboxylic acids is 1. The van der Waals surface area contributed by atoms with Crippen LogP contribution in [-0.2, 0) is 14.8 Å². The quantitative estimate of drug-likeness (QED) is 0.839. The van der Waals surface area contributed by atoms with Gasteiger partial charge in [-0.15, -0.1) is 0 Å². The van der Waals surface area contributed by atoms with Gasteiger partial charge in [0.15, 0.2) is 0 Å². The van der Waals surface area contributed by atoms with Crippen LogP contribution in [0.1, 0.15) is 43.0 Å². The minimum Gasteiger partial charge on any atom is -0.495 e. The number of carbonyl (C=O) groups is 1. The lowest BCUT2D eigenvalue weighted by Gasteiger charge is -2.31. The molecule has 1 aromatic rings. The summed E-state index contributed by atoms with van der Waals surface area (Å²) >= 11 is 0. The van der Waals surface area contributed by atoms with Crippen molar-refractivity contribution in [2.45, 2.75) is 49.6 Å². The van der Waals surface area contributed by atoms with Crippen molar-refractivity contribution < 1.29 is 22.7 Å². The highest BCUT2D eigenvalue weighted by Crippen LogP contribution is 2.28. The normalized spacial score (nSPS) is 21.8. The van der Waals surface area contributed by atoms with Crippen LogP contribution in [0.5, 0.6) is 5.75 Å². The summed E-state index contributed by atoms with van der Waals surface area (Å²) in [6.45, 7) is 3.39. The van der Waals surface area contributed by atoms with E-state index in [2.05, 4.69) is 4.72 Å². The molecule has 1 saturated heterocycles. The van der Waals surface area contributed by atoms with E-state index in [1.165, 1.54) is 13.2 Å². The fourth-order valence-electron chi connectivity index (χ4n) is 3.53. The molecular weight excluding hydrogens is 356 g/mol. The smallest absolute Gasteiger partial charge is 0.254 e. The summed E-state index contributed by atoms with van der Waals surface area (Å²) in [4.78, 5) is 14.5. The van der Waals surface area contributed by atoms with Crippen molar-refractivity contribution in [3.8, 4) is 5.75 Å². The van der Waals surface area contributed by atoms with Gasteiger partial charge in [0.1, 0.15) is 10.6 Å². The summed E-state index contributed by atoms with van der Waals surface area (Å²) in [7, 11) is -2.33. The fraction of sp³-hybridized carbons (Fsp3) is 0.611. The van der Waals surface area contributed by atoms with Crippen molar-refractivity contribution in [3.63, 3.8) is 0 Å². The number of benzene rings is 1. The predicted molar refractivity (Wildman–Crippen MR) is 96.9 cm³/mol. The van der Waals surface area contributed by atoms with Crippen molar-refractivity contribution in [1.29, 1.82) is 0 Å². The van der Waals surface area contributed by atoms with Crippen LogP contribution in [0.2, 0.25) is 0 Å². The zero-order chi connectivity index (χ0) is 18.7. The van der Waals surface area contributed by atoms with E-state index in [0.29, 0.717) is 25.3 Å². The van der Waals surface area contributed by atoms with Crippen molar-refractivity contribution in [2.75, 3.05) is 26.8 Å². The van der Waals surface area contributed by atoms with Crippen LogP contribution in [-0.4, -0.2) is 58.2 Å². The molecule has 1 heterocycles. The van der Waals surface area contributed by atoms with E-state index < -0.39 is 10.0 Å². The van der Waals surface area contributed by atoms with E-state index >= 15 is 0 Å². The fourth-order valence-corrected chi connectivity index (χ4v) is 5.03. The molecule has 1 saturated carbocycles. The Morgan fingerprint density at radius 1 is 1.31 bits per heavy atom. The summed E-state index contributed by atoms with van der Waals surface area (Å²) in [6, 6.07) is 4.51. The molecule has 1 atom stereocenters. The second-order valence-electron chi connectivity index (χ2n) is 6.90. The Morgan fingerprint density at radius 2 is 2.04 bits per heavy atom. The second kappa shape index (κ2) is 7.94. The summed E-state index contributed by atoms with van der Waals surface area (Å²) in [5.41, 5.74) is 0.340. The molecule has 26 heavy (non-hydrogen) atoms. The number of hydrogen-bond acceptors (Lipinski definition) is 5. The van der Waals surface area contributed by atoms with Crippen molar-refractivity contribution in [2.24, 2.45) is 0 Å². The number of rotatable bonds is 5. The minimum atomic E-state index is -3.75. The van der Waals surface area contributed by atoms with Gasteiger partial charge >= 0.3 is 0 Å². The average molecular weight is 382 g/mol. The van der Waals surface area contributed by atoms with Gasteiger partial charge in [-0.1, -0.05) is 12.8 Å². The molecule has 0 spiro atoms. The molecule has 3 rings (SSSR count). The molecule has 2 fully saturated rings. The zero-order valence-corrected chi connectivity index (χ0v) is 16.0. The van der Waals surface area contributed by atoms with Gasteiger partial charge in [-0.3, -0.25) is 4.79 Å². The maximum atomic E-state index is 12.8. The Hall–Kier alpha value is -1.64. The zero-order valence-electron chi connectivity index (χ0n) is 15.2. The van der Waals surface area contributed by atoms with Gasteiger partial charge in [-0.25, -0.2) is 13.1 Å². The maximum Gasteiger partial charge on any atom is 0.254 e. The highest BCUT2D eigenvalue weighted by molar-refractivity contribution is 7.89. The minimum absolute atomic E-state index is 0.0130. The van der Waals surface area contributed by atoms with Crippen molar-refractivity contribution in [1.82, 2.24) is 9.62 Å². The monoisotopic (exact) mass is 382 g/mol. The Morgan fingerprint density at radius 3 is 2.69 bits per heavy atom. The van der Waals surface area contributed by atoms with Crippen LogP contribution in [0.3, 0.4) is 0 Å². The third-order valence-corrected chi connectivity index (χ3v) is 6.45. The van der Waals surface area contributed by atoms with E-state index in [1.807, 2.05) is 6.92 Å². The molecule has 1 aliphatic heterocycles. The van der Waals surface area contributed by atoms with Gasteiger partial charge in [0.05, 0.1) is 19.8 Å². The van der Waals surface area contributed by atoms with E-state index in [-0.39, 0.29) is 28.7 Å². The van der Waals surface area contributed by atoms with E-state index in [1.54, 1.807) is 17.0 Å². The third-order valence-electron chi connectivity index (χ3n) is 4.91. The predicted octanol–water partition coefficient (Wildman–Crippen LogP) is 1.78. The number of morpholine rings is 1. The van der Waals surface area contributed by atoms with Crippen molar-refractivity contribution >= 4 is 15.9 Å². The van der Waals surface area contributed by atoms with E-state index in [0.717, 1.165) is 25.7 Å². The Balaban J connectivity index is 1.87. The van der Waals surface area contributed by atoms with Crippen LogP contribution in [0.25, 0.3) is 0 Å². The van der Waals surface area contributed by atoms with Gasteiger partial charge < -0.3 is 14.4 Å². The molecule has 1 amide bonds. The van der Waals surface area contributed by atoms with Gasteiger partial charge in [-0.05, 0) is 38.0 Å². The number of amides is 1. The lowest BCUT2D eigenvalue weighted by molar-refractivity contribution is -0.0124. The summed E-state index contributed by atoms with van der Waals surface area (Å²) < 4.78 is 39.1. The SMILES string of the molecule is COc1ccc(C(=O)N2CCOC(C)C2)cc1S(=O)(=O)NC1CCCC1. The van der Waals surface area contributed by atoms with Gasteiger partial charge in [-0.2, -0.15) is 0 Å². The second-order valence-corrected chi connectivity index (χ2v) is 8.58. The molecule has 0 aromatic heterocycles. The molecule has 8 heteroatoms. The van der Waals surface area contributed by atoms with Crippen LogP contribution in [0.4, 0.5) is 0 Å². The Kier molecular flexibility index (Phi) is 5.84. The highest BCUT2D eigenvalue weighted by Gasteiger charge is 2.28. The third kappa shape index (κ3) is 4.19. The molecule has 0 bridgehead atoms. The lowest BCUT2D eigenvalue weighted by atomic mass is 10.1. The Labute approximate surface area is 154 Å². The van der Waals surface area contributed by atoms with E-state index in [4.69, 9.17) is 9.47 Å². The molecule has 2 aliphatic rings. The van der Waals surface area contributed by atoms with Gasteiger partial charge in [0.25, 0.3) is 5.91 Å². The first-order valence-corrected chi connectivity index (χ1v) is 10.5. The van der Waals surface area contributed by atoms with Crippen LogP contribution >= 0.6 is 0 Å². The van der Waals surface area contributed by atoms with Gasteiger partial charge in [0.2, 0.25) is 10.0 Å². The number of hydrogen-bond donors (Lipinski definition) is 1. The van der Waals surface area contributed by atoms with E-state index in [9.17, 15) is 13.2 Å². The first-order chi connectivity index (χ1) is 12.4. The van der Waals surface area contributed by atoms with Crippen LogP contribution in [0.15, 0.2) is 23.1 Å². The number of methoxy groups -OCH3 is 1. The summed E-state index contributed by atoms with van der Waals surface area (Å²) in [5.74, 6) is 0.0440. The molecule has 7 nitrogen and oxygen atoms in total.